The van der Waals surface area contributed by atoms with Gasteiger partial charge in [-0.05, 0) is 13.0 Å². The van der Waals surface area contributed by atoms with Crippen LogP contribution in [-0.4, -0.2) is 30.8 Å². The van der Waals surface area contributed by atoms with Crippen LogP contribution in [0, 0.1) is 0 Å². The fourth-order valence-corrected chi connectivity index (χ4v) is 2.06. The van der Waals surface area contributed by atoms with Crippen LogP contribution in [0.1, 0.15) is 33.2 Å². The Morgan fingerprint density at radius 1 is 0.913 bits per heavy atom. The highest BCUT2D eigenvalue weighted by atomic mass is 16.5. The lowest BCUT2D eigenvalue weighted by atomic mass is 9.98. The van der Waals surface area contributed by atoms with Gasteiger partial charge in [0.05, 0.1) is 5.56 Å². The van der Waals surface area contributed by atoms with Gasteiger partial charge in [-0.3, -0.25) is 9.59 Å². The molecule has 2 rings (SSSR count). The van der Waals surface area contributed by atoms with E-state index in [4.69, 9.17) is 4.74 Å². The first kappa shape index (κ1) is 16.4. The third-order valence-corrected chi connectivity index (χ3v) is 3.14. The second-order valence-corrected chi connectivity index (χ2v) is 4.77. The fourth-order valence-electron chi connectivity index (χ4n) is 2.06. The van der Waals surface area contributed by atoms with E-state index >= 15 is 0 Å². The topological polar surface area (TPSA) is 72.5 Å². The van der Waals surface area contributed by atoms with Gasteiger partial charge in [-0.1, -0.05) is 48.5 Å². The Labute approximate surface area is 134 Å². The first-order valence-electron chi connectivity index (χ1n) is 7.26. The van der Waals surface area contributed by atoms with E-state index in [2.05, 4.69) is 5.32 Å². The van der Waals surface area contributed by atoms with Gasteiger partial charge >= 0.3 is 5.97 Å². The summed E-state index contributed by atoms with van der Waals surface area (Å²) in [5.41, 5.74) is 0.877. The summed E-state index contributed by atoms with van der Waals surface area (Å²) >= 11 is 0. The van der Waals surface area contributed by atoms with Crippen LogP contribution in [0.3, 0.4) is 0 Å². The normalized spacial score (nSPS) is 9.96. The molecule has 1 amide bonds. The molecule has 0 saturated heterocycles. The molecule has 0 radical (unpaired) electrons. The Morgan fingerprint density at radius 3 is 2.17 bits per heavy atom. The zero-order valence-corrected chi connectivity index (χ0v) is 12.7. The molecule has 0 aliphatic rings. The number of benzene rings is 2. The van der Waals surface area contributed by atoms with Gasteiger partial charge in [0.2, 0.25) is 0 Å². The third kappa shape index (κ3) is 4.26. The Balaban J connectivity index is 2.19. The average Bonchev–Trinajstić information content (AvgIpc) is 2.60. The second kappa shape index (κ2) is 7.89. The summed E-state index contributed by atoms with van der Waals surface area (Å²) in [5, 5.41) is 2.53. The lowest BCUT2D eigenvalue weighted by molar-refractivity contribution is -0.124. The van der Waals surface area contributed by atoms with Crippen molar-refractivity contribution in [2.75, 3.05) is 13.2 Å². The van der Waals surface area contributed by atoms with Gasteiger partial charge in [-0.15, -0.1) is 0 Å². The second-order valence-electron chi connectivity index (χ2n) is 4.77. The molecule has 5 nitrogen and oxygen atoms in total. The van der Waals surface area contributed by atoms with Gasteiger partial charge in [0.1, 0.15) is 0 Å². The van der Waals surface area contributed by atoms with E-state index in [0.717, 1.165) is 0 Å². The summed E-state index contributed by atoms with van der Waals surface area (Å²) in [6.45, 7) is 1.85. The molecule has 2 aromatic rings. The number of nitrogens with one attached hydrogen (secondary N) is 1. The van der Waals surface area contributed by atoms with E-state index in [1.54, 1.807) is 49.4 Å². The van der Waals surface area contributed by atoms with E-state index < -0.39 is 5.97 Å². The molecule has 0 unspecified atom stereocenters. The SMILES string of the molecule is CCNC(=O)COC(=O)c1ccccc1C(=O)c1ccccc1. The van der Waals surface area contributed by atoms with E-state index in [1.165, 1.54) is 6.07 Å². The van der Waals surface area contributed by atoms with Crippen LogP contribution in [0.25, 0.3) is 0 Å². The van der Waals surface area contributed by atoms with Gasteiger partial charge in [-0.25, -0.2) is 4.79 Å². The van der Waals surface area contributed by atoms with Crippen LogP contribution in [0.15, 0.2) is 54.6 Å². The standard InChI is InChI=1S/C18H17NO4/c1-2-19-16(20)12-23-18(22)15-11-7-6-10-14(15)17(21)13-8-4-3-5-9-13/h3-11H,2,12H2,1H3,(H,19,20). The van der Waals surface area contributed by atoms with E-state index in [0.29, 0.717) is 12.1 Å². The maximum Gasteiger partial charge on any atom is 0.339 e. The fraction of sp³-hybridized carbons (Fsp3) is 0.167. The van der Waals surface area contributed by atoms with Crippen LogP contribution in [0.2, 0.25) is 0 Å². The summed E-state index contributed by atoms with van der Waals surface area (Å²) in [5.74, 6) is -1.35. The quantitative estimate of drug-likeness (QED) is 0.656. The lowest BCUT2D eigenvalue weighted by Crippen LogP contribution is -2.28. The lowest BCUT2D eigenvalue weighted by Gasteiger charge is -2.09. The van der Waals surface area contributed by atoms with Crippen molar-refractivity contribution in [1.82, 2.24) is 5.32 Å². The molecule has 0 aromatic heterocycles. The van der Waals surface area contributed by atoms with Crippen molar-refractivity contribution < 1.29 is 19.1 Å². The Hall–Kier alpha value is -2.95. The number of hydrogen-bond acceptors (Lipinski definition) is 4. The van der Waals surface area contributed by atoms with Crippen LogP contribution < -0.4 is 5.32 Å². The van der Waals surface area contributed by atoms with Gasteiger partial charge in [0.25, 0.3) is 5.91 Å². The molecule has 0 bridgehead atoms. The monoisotopic (exact) mass is 311 g/mol. The third-order valence-electron chi connectivity index (χ3n) is 3.14. The highest BCUT2D eigenvalue weighted by Crippen LogP contribution is 2.15. The summed E-state index contributed by atoms with van der Waals surface area (Å²) in [4.78, 5) is 36.0. The molecule has 0 aliphatic carbocycles. The van der Waals surface area contributed by atoms with Crippen molar-refractivity contribution in [2.45, 2.75) is 6.92 Å². The summed E-state index contributed by atoms with van der Waals surface area (Å²) in [6, 6.07) is 15.1. The zero-order chi connectivity index (χ0) is 16.7. The largest absolute Gasteiger partial charge is 0.452 e. The molecule has 23 heavy (non-hydrogen) atoms. The average molecular weight is 311 g/mol. The highest BCUT2D eigenvalue weighted by Gasteiger charge is 2.19. The number of likely N-dealkylation sites (N-methyl/N-ethyl adjacent to an activating group) is 1. The van der Waals surface area contributed by atoms with Crippen LogP contribution in [0.5, 0.6) is 0 Å². The molecule has 0 fully saturated rings. The molecule has 0 spiro atoms. The van der Waals surface area contributed by atoms with Crippen molar-refractivity contribution in [2.24, 2.45) is 0 Å². The zero-order valence-electron chi connectivity index (χ0n) is 12.7. The van der Waals surface area contributed by atoms with Crippen molar-refractivity contribution >= 4 is 17.7 Å². The van der Waals surface area contributed by atoms with Gasteiger partial charge in [0, 0.05) is 17.7 Å². The van der Waals surface area contributed by atoms with Crippen LogP contribution in [0.4, 0.5) is 0 Å². The smallest absolute Gasteiger partial charge is 0.339 e. The first-order valence-corrected chi connectivity index (χ1v) is 7.26. The summed E-state index contributed by atoms with van der Waals surface area (Å²) in [6.07, 6.45) is 0. The van der Waals surface area contributed by atoms with Crippen LogP contribution >= 0.6 is 0 Å². The molecule has 0 atom stereocenters. The Kier molecular flexibility index (Phi) is 5.63. The molecular formula is C18H17NO4. The number of amides is 1. The van der Waals surface area contributed by atoms with E-state index in [1.807, 2.05) is 6.07 Å². The molecule has 0 saturated carbocycles. The van der Waals surface area contributed by atoms with Crippen molar-refractivity contribution in [3.63, 3.8) is 0 Å². The number of carbonyl (C=O) groups excluding carboxylic acids is 3. The highest BCUT2D eigenvalue weighted by molar-refractivity contribution is 6.14. The first-order chi connectivity index (χ1) is 11.1. The minimum atomic E-state index is -0.698. The van der Waals surface area contributed by atoms with Crippen LogP contribution in [-0.2, 0) is 9.53 Å². The summed E-state index contributed by atoms with van der Waals surface area (Å²) < 4.78 is 4.97. The van der Waals surface area contributed by atoms with Crippen molar-refractivity contribution in [3.8, 4) is 0 Å². The molecule has 5 heteroatoms. The maximum atomic E-state index is 12.5. The molecule has 0 heterocycles. The number of carbonyl (C=O) groups is 3. The maximum absolute atomic E-state index is 12.5. The molecular weight excluding hydrogens is 294 g/mol. The molecule has 0 aliphatic heterocycles. The van der Waals surface area contributed by atoms with E-state index in [9.17, 15) is 14.4 Å². The molecule has 118 valence electrons. The number of rotatable bonds is 6. The number of esters is 1. The summed E-state index contributed by atoms with van der Waals surface area (Å²) in [7, 11) is 0. The predicted octanol–water partition coefficient (Wildman–Crippen LogP) is 2.21. The predicted molar refractivity (Wildman–Crippen MR) is 85.3 cm³/mol. The van der Waals surface area contributed by atoms with Crippen molar-refractivity contribution in [3.05, 3.63) is 71.3 Å². The van der Waals surface area contributed by atoms with Crippen molar-refractivity contribution in [1.29, 1.82) is 0 Å². The number of ketones is 1. The number of ether oxygens (including phenoxy) is 1. The number of hydrogen-bond donors (Lipinski definition) is 1. The molecule has 1 N–H and O–H groups in total. The van der Waals surface area contributed by atoms with E-state index in [-0.39, 0.29) is 29.4 Å². The van der Waals surface area contributed by atoms with Gasteiger partial charge in [-0.2, -0.15) is 0 Å². The molecule has 2 aromatic carbocycles. The van der Waals surface area contributed by atoms with Gasteiger partial charge < -0.3 is 10.1 Å². The Bertz CT molecular complexity index is 710. The Morgan fingerprint density at radius 2 is 1.52 bits per heavy atom. The van der Waals surface area contributed by atoms with Gasteiger partial charge in [0.15, 0.2) is 12.4 Å². The minimum absolute atomic E-state index is 0.144. The minimum Gasteiger partial charge on any atom is -0.452 e.